The number of hydrogen-bond donors (Lipinski definition) is 1. The van der Waals surface area contributed by atoms with Crippen molar-refractivity contribution in [1.82, 2.24) is 25.1 Å². The van der Waals surface area contributed by atoms with Gasteiger partial charge in [0.2, 0.25) is 5.95 Å². The number of piperazine rings is 1. The van der Waals surface area contributed by atoms with Crippen LogP contribution in [0.3, 0.4) is 0 Å². The number of rotatable bonds is 6. The zero-order valence-corrected chi connectivity index (χ0v) is 23.1. The van der Waals surface area contributed by atoms with Crippen LogP contribution < -0.4 is 15.2 Å². The molecule has 1 saturated carbocycles. The lowest BCUT2D eigenvalue weighted by Crippen LogP contribution is -2.49. The number of ether oxygens (including phenoxy) is 1. The van der Waals surface area contributed by atoms with Crippen LogP contribution in [-0.4, -0.2) is 63.3 Å². The van der Waals surface area contributed by atoms with E-state index in [4.69, 9.17) is 16.3 Å². The van der Waals surface area contributed by atoms with Gasteiger partial charge in [-0.3, -0.25) is 9.59 Å². The van der Waals surface area contributed by atoms with Gasteiger partial charge >= 0.3 is 6.18 Å². The van der Waals surface area contributed by atoms with E-state index in [1.807, 2.05) is 6.07 Å². The van der Waals surface area contributed by atoms with Crippen molar-refractivity contribution in [2.45, 2.75) is 38.0 Å². The number of amides is 1. The predicted octanol–water partition coefficient (Wildman–Crippen LogP) is 4.87. The lowest BCUT2D eigenvalue weighted by Gasteiger charge is -2.34. The number of fused-ring (bicyclic) bond motifs is 1. The topological polar surface area (TPSA) is 104 Å². The fraction of sp³-hybridized carbons (Fsp3) is 0.345. The SMILES string of the molecule is O=C(c1cc(Cl)cc(Cc2n[nH]c(=O)c3ccc(OC4CCC4)cc23)c1)N1CCN(c2ncc(C(F)(F)F)cn2)CC1. The second kappa shape index (κ2) is 11.2. The van der Waals surface area contributed by atoms with Gasteiger partial charge in [-0.1, -0.05) is 11.6 Å². The molecule has 0 spiro atoms. The van der Waals surface area contributed by atoms with E-state index in [1.54, 1.807) is 40.1 Å². The van der Waals surface area contributed by atoms with Gasteiger partial charge in [-0.15, -0.1) is 0 Å². The summed E-state index contributed by atoms with van der Waals surface area (Å²) in [5, 5.41) is 8.40. The highest BCUT2D eigenvalue weighted by molar-refractivity contribution is 6.31. The molecule has 0 bridgehead atoms. The molecule has 218 valence electrons. The Morgan fingerprint density at radius 3 is 2.43 bits per heavy atom. The Labute approximate surface area is 243 Å². The molecule has 1 saturated heterocycles. The van der Waals surface area contributed by atoms with E-state index in [0.717, 1.165) is 37.2 Å². The van der Waals surface area contributed by atoms with E-state index in [2.05, 4.69) is 20.2 Å². The van der Waals surface area contributed by atoms with Gasteiger partial charge in [0.25, 0.3) is 11.5 Å². The van der Waals surface area contributed by atoms with Crippen molar-refractivity contribution in [3.8, 4) is 5.75 Å². The van der Waals surface area contributed by atoms with E-state index in [-0.39, 0.29) is 23.5 Å². The molecule has 1 aliphatic heterocycles. The number of alkyl halides is 3. The molecule has 1 N–H and O–H groups in total. The summed E-state index contributed by atoms with van der Waals surface area (Å²) in [6, 6.07) is 10.5. The number of benzene rings is 2. The minimum atomic E-state index is -4.51. The minimum absolute atomic E-state index is 0.182. The molecule has 2 aromatic heterocycles. The van der Waals surface area contributed by atoms with Gasteiger partial charge in [0.05, 0.1) is 22.7 Å². The summed E-state index contributed by atoms with van der Waals surface area (Å²) in [7, 11) is 0. The second-order valence-electron chi connectivity index (χ2n) is 10.5. The third-order valence-corrected chi connectivity index (χ3v) is 7.80. The van der Waals surface area contributed by atoms with Gasteiger partial charge in [-0.2, -0.15) is 18.3 Å². The Hall–Kier alpha value is -4.19. The molecule has 2 fully saturated rings. The molecule has 13 heteroatoms. The molecule has 2 aromatic carbocycles. The number of H-pyrrole nitrogens is 1. The van der Waals surface area contributed by atoms with E-state index in [1.165, 1.54) is 0 Å². The lowest BCUT2D eigenvalue weighted by atomic mass is 9.96. The number of carbonyl (C=O) groups is 1. The molecule has 0 unspecified atom stereocenters. The molecule has 1 amide bonds. The highest BCUT2D eigenvalue weighted by atomic mass is 35.5. The smallest absolute Gasteiger partial charge is 0.419 e. The summed E-state index contributed by atoms with van der Waals surface area (Å²) < 4.78 is 44.5. The fourth-order valence-electron chi connectivity index (χ4n) is 5.08. The number of halogens is 4. The van der Waals surface area contributed by atoms with Crippen molar-refractivity contribution in [3.63, 3.8) is 0 Å². The van der Waals surface area contributed by atoms with Crippen LogP contribution in [0.5, 0.6) is 5.75 Å². The van der Waals surface area contributed by atoms with Crippen molar-refractivity contribution >= 4 is 34.2 Å². The number of aromatic nitrogens is 4. The van der Waals surface area contributed by atoms with E-state index in [9.17, 15) is 22.8 Å². The highest BCUT2D eigenvalue weighted by Crippen LogP contribution is 2.30. The molecular formula is C29H26ClF3N6O3. The van der Waals surface area contributed by atoms with Crippen molar-refractivity contribution in [1.29, 1.82) is 0 Å². The van der Waals surface area contributed by atoms with Crippen molar-refractivity contribution in [3.05, 3.63) is 86.6 Å². The van der Waals surface area contributed by atoms with Crippen LogP contribution in [0.4, 0.5) is 19.1 Å². The van der Waals surface area contributed by atoms with Crippen LogP contribution in [0.25, 0.3) is 10.8 Å². The number of hydrogen-bond acceptors (Lipinski definition) is 7. The third kappa shape index (κ3) is 5.89. The minimum Gasteiger partial charge on any atom is -0.490 e. The zero-order valence-electron chi connectivity index (χ0n) is 22.3. The molecule has 3 heterocycles. The number of nitrogens with one attached hydrogen (secondary N) is 1. The maximum Gasteiger partial charge on any atom is 0.419 e. The first kappa shape index (κ1) is 28.0. The Bertz CT molecular complexity index is 1680. The molecule has 42 heavy (non-hydrogen) atoms. The van der Waals surface area contributed by atoms with Crippen LogP contribution in [0.15, 0.2) is 53.6 Å². The Balaban J connectivity index is 1.17. The fourth-order valence-corrected chi connectivity index (χ4v) is 5.34. The second-order valence-corrected chi connectivity index (χ2v) is 10.9. The summed E-state index contributed by atoms with van der Waals surface area (Å²) in [4.78, 5) is 36.9. The zero-order chi connectivity index (χ0) is 29.4. The van der Waals surface area contributed by atoms with Crippen LogP contribution >= 0.6 is 11.6 Å². The largest absolute Gasteiger partial charge is 0.490 e. The number of anilines is 1. The van der Waals surface area contributed by atoms with Gasteiger partial charge in [0.1, 0.15) is 5.75 Å². The van der Waals surface area contributed by atoms with E-state index >= 15 is 0 Å². The molecule has 0 atom stereocenters. The molecule has 1 aliphatic carbocycles. The number of nitrogens with zero attached hydrogens (tertiary/aromatic N) is 5. The first-order valence-electron chi connectivity index (χ1n) is 13.5. The van der Waals surface area contributed by atoms with Crippen LogP contribution in [0, 0.1) is 0 Å². The predicted molar refractivity (Wildman–Crippen MR) is 150 cm³/mol. The maximum absolute atomic E-state index is 13.4. The van der Waals surface area contributed by atoms with Gasteiger partial charge in [0, 0.05) is 61.0 Å². The first-order valence-corrected chi connectivity index (χ1v) is 13.9. The molecule has 2 aliphatic rings. The monoisotopic (exact) mass is 598 g/mol. The quantitative estimate of drug-likeness (QED) is 0.338. The Morgan fingerprint density at radius 2 is 1.76 bits per heavy atom. The van der Waals surface area contributed by atoms with Crippen molar-refractivity contribution in [2.24, 2.45) is 0 Å². The normalized spacial score (nSPS) is 16.0. The van der Waals surface area contributed by atoms with E-state index < -0.39 is 11.7 Å². The molecule has 9 nitrogen and oxygen atoms in total. The van der Waals surface area contributed by atoms with Gasteiger partial charge in [-0.25, -0.2) is 15.1 Å². The third-order valence-electron chi connectivity index (χ3n) is 7.59. The first-order chi connectivity index (χ1) is 20.1. The molecule has 4 aromatic rings. The van der Waals surface area contributed by atoms with Crippen LogP contribution in [-0.2, 0) is 12.6 Å². The lowest BCUT2D eigenvalue weighted by molar-refractivity contribution is -0.138. The maximum atomic E-state index is 13.4. The van der Waals surface area contributed by atoms with E-state index in [0.29, 0.717) is 65.4 Å². The van der Waals surface area contributed by atoms with Crippen molar-refractivity contribution in [2.75, 3.05) is 31.1 Å². The average molecular weight is 599 g/mol. The van der Waals surface area contributed by atoms with Gasteiger partial charge < -0.3 is 14.5 Å². The van der Waals surface area contributed by atoms with Crippen LogP contribution in [0.2, 0.25) is 5.02 Å². The standard InChI is InChI=1S/C29H26ClF3N6O3/c30-20-11-17(12-25-24-14-22(42-21-2-1-3-21)4-5-23(24)26(40)37-36-25)10-18(13-20)27(41)38-6-8-39(9-7-38)28-34-15-19(16-35-28)29(31,32)33/h4-5,10-11,13-16,21H,1-3,6-9,12H2,(H,37,40). The summed E-state index contributed by atoms with van der Waals surface area (Å²) in [5.74, 6) is 0.646. The highest BCUT2D eigenvalue weighted by Gasteiger charge is 2.32. The summed E-state index contributed by atoms with van der Waals surface area (Å²) in [6.45, 7) is 1.40. The van der Waals surface area contributed by atoms with Gasteiger partial charge in [-0.05, 0) is 61.2 Å². The summed E-state index contributed by atoms with van der Waals surface area (Å²) >= 11 is 6.42. The van der Waals surface area contributed by atoms with Crippen molar-refractivity contribution < 1.29 is 22.7 Å². The molecule has 0 radical (unpaired) electrons. The molecule has 6 rings (SSSR count). The summed E-state index contributed by atoms with van der Waals surface area (Å²) in [5.41, 5.74) is 0.554. The Kier molecular flexibility index (Phi) is 7.48. The Morgan fingerprint density at radius 1 is 1.02 bits per heavy atom. The number of carbonyl (C=O) groups excluding carboxylic acids is 1. The van der Waals surface area contributed by atoms with Gasteiger partial charge in [0.15, 0.2) is 0 Å². The molecular weight excluding hydrogens is 573 g/mol. The van der Waals surface area contributed by atoms with Crippen LogP contribution in [0.1, 0.15) is 46.4 Å². The summed E-state index contributed by atoms with van der Waals surface area (Å²) in [6.07, 6.45) is 0.681. The number of aromatic amines is 1. The average Bonchev–Trinajstić information content (AvgIpc) is 2.95.